The Morgan fingerprint density at radius 3 is 2.60 bits per heavy atom. The summed E-state index contributed by atoms with van der Waals surface area (Å²) in [5, 5.41) is 8.88. The van der Waals surface area contributed by atoms with Gasteiger partial charge in [-0.15, -0.1) is 0 Å². The predicted molar refractivity (Wildman–Crippen MR) is 58.6 cm³/mol. The normalized spacial score (nSPS) is 26.5. The lowest BCUT2D eigenvalue weighted by Crippen LogP contribution is -2.23. The number of halogens is 1. The molecule has 4 nitrogen and oxygen atoms in total. The Bertz CT molecular complexity index is 356. The van der Waals surface area contributed by atoms with Crippen LogP contribution in [0.2, 0.25) is 0 Å². The highest BCUT2D eigenvalue weighted by Crippen LogP contribution is 2.33. The smallest absolute Gasteiger partial charge is 0.306 e. The summed E-state index contributed by atoms with van der Waals surface area (Å²) in [5.41, 5.74) is 0. The van der Waals surface area contributed by atoms with Crippen LogP contribution < -0.4 is 0 Å². The SMILES string of the molecule is O=C(O)C1CCC(n2ccnc2Br)CC1. The van der Waals surface area contributed by atoms with Crippen molar-refractivity contribution < 1.29 is 9.90 Å². The number of carbonyl (C=O) groups is 1. The summed E-state index contributed by atoms with van der Waals surface area (Å²) in [6.45, 7) is 0. The molecule has 2 rings (SSSR count). The van der Waals surface area contributed by atoms with Crippen molar-refractivity contribution in [1.82, 2.24) is 9.55 Å². The van der Waals surface area contributed by atoms with E-state index in [2.05, 4.69) is 25.5 Å². The molecule has 0 saturated heterocycles. The van der Waals surface area contributed by atoms with Crippen LogP contribution in [0.15, 0.2) is 17.1 Å². The summed E-state index contributed by atoms with van der Waals surface area (Å²) in [7, 11) is 0. The van der Waals surface area contributed by atoms with Gasteiger partial charge in [-0.05, 0) is 41.6 Å². The molecule has 1 saturated carbocycles. The second-order valence-corrected chi connectivity index (χ2v) is 4.66. The van der Waals surface area contributed by atoms with E-state index in [0.29, 0.717) is 6.04 Å². The second kappa shape index (κ2) is 4.35. The van der Waals surface area contributed by atoms with Gasteiger partial charge in [-0.2, -0.15) is 0 Å². The monoisotopic (exact) mass is 272 g/mol. The summed E-state index contributed by atoms with van der Waals surface area (Å²) >= 11 is 3.38. The van der Waals surface area contributed by atoms with Crippen LogP contribution in [0, 0.1) is 5.92 Å². The van der Waals surface area contributed by atoms with Gasteiger partial charge in [-0.1, -0.05) is 0 Å². The first-order chi connectivity index (χ1) is 7.18. The zero-order valence-corrected chi connectivity index (χ0v) is 9.85. The number of aromatic nitrogens is 2. The summed E-state index contributed by atoms with van der Waals surface area (Å²) in [4.78, 5) is 14.9. The van der Waals surface area contributed by atoms with Crippen molar-refractivity contribution >= 4 is 21.9 Å². The Morgan fingerprint density at radius 2 is 2.13 bits per heavy atom. The minimum atomic E-state index is -0.654. The van der Waals surface area contributed by atoms with Crippen LogP contribution >= 0.6 is 15.9 Å². The third-order valence-corrected chi connectivity index (χ3v) is 3.67. The number of imidazole rings is 1. The van der Waals surface area contributed by atoms with Crippen LogP contribution in [0.4, 0.5) is 0 Å². The van der Waals surface area contributed by atoms with Crippen molar-refractivity contribution in [2.45, 2.75) is 31.7 Å². The third kappa shape index (κ3) is 2.22. The molecular weight excluding hydrogens is 260 g/mol. The summed E-state index contributed by atoms with van der Waals surface area (Å²) in [5.74, 6) is -0.804. The molecule has 0 unspecified atom stereocenters. The molecule has 0 atom stereocenters. The van der Waals surface area contributed by atoms with Gasteiger partial charge in [0, 0.05) is 18.4 Å². The zero-order chi connectivity index (χ0) is 10.8. The van der Waals surface area contributed by atoms with Crippen molar-refractivity contribution in [2.24, 2.45) is 5.92 Å². The van der Waals surface area contributed by atoms with Crippen molar-refractivity contribution in [2.75, 3.05) is 0 Å². The Morgan fingerprint density at radius 1 is 1.47 bits per heavy atom. The molecule has 0 radical (unpaired) electrons. The van der Waals surface area contributed by atoms with E-state index in [1.165, 1.54) is 0 Å². The molecule has 0 spiro atoms. The lowest BCUT2D eigenvalue weighted by atomic mass is 9.86. The summed E-state index contributed by atoms with van der Waals surface area (Å²) < 4.78 is 2.92. The maximum absolute atomic E-state index is 10.8. The van der Waals surface area contributed by atoms with E-state index >= 15 is 0 Å². The maximum Gasteiger partial charge on any atom is 0.306 e. The van der Waals surface area contributed by atoms with Crippen molar-refractivity contribution in [3.8, 4) is 0 Å². The number of hydrogen-bond acceptors (Lipinski definition) is 2. The largest absolute Gasteiger partial charge is 0.481 e. The Balaban J connectivity index is 2.00. The fourth-order valence-electron chi connectivity index (χ4n) is 2.17. The molecular formula is C10H13BrN2O2. The highest BCUT2D eigenvalue weighted by Gasteiger charge is 2.27. The molecule has 0 bridgehead atoms. The van der Waals surface area contributed by atoms with Crippen molar-refractivity contribution in [3.63, 3.8) is 0 Å². The van der Waals surface area contributed by atoms with E-state index in [1.807, 2.05) is 6.20 Å². The number of aliphatic carboxylic acids is 1. The quantitative estimate of drug-likeness (QED) is 0.900. The first-order valence-electron chi connectivity index (χ1n) is 5.09. The lowest BCUT2D eigenvalue weighted by Gasteiger charge is -2.27. The maximum atomic E-state index is 10.8. The van der Waals surface area contributed by atoms with E-state index in [1.54, 1.807) is 6.20 Å². The number of nitrogens with zero attached hydrogens (tertiary/aromatic N) is 2. The molecule has 0 amide bonds. The standard InChI is InChI=1S/C10H13BrN2O2/c11-10-12-5-6-13(10)8-3-1-7(2-4-8)9(14)15/h5-8H,1-4H2,(H,14,15). The van der Waals surface area contributed by atoms with Crippen LogP contribution in [-0.4, -0.2) is 20.6 Å². The molecule has 5 heteroatoms. The fourth-order valence-corrected chi connectivity index (χ4v) is 2.69. The number of carboxylic acids is 1. The van der Waals surface area contributed by atoms with Crippen LogP contribution in [0.25, 0.3) is 0 Å². The summed E-state index contributed by atoms with van der Waals surface area (Å²) in [6.07, 6.45) is 7.08. The average Bonchev–Trinajstić information content (AvgIpc) is 2.65. The van der Waals surface area contributed by atoms with Gasteiger partial charge in [0.25, 0.3) is 0 Å². The van der Waals surface area contributed by atoms with Gasteiger partial charge in [-0.25, -0.2) is 4.98 Å². The van der Waals surface area contributed by atoms with Crippen molar-refractivity contribution in [1.29, 1.82) is 0 Å². The van der Waals surface area contributed by atoms with Gasteiger partial charge < -0.3 is 9.67 Å². The van der Waals surface area contributed by atoms with Crippen LogP contribution in [0.5, 0.6) is 0 Å². The van der Waals surface area contributed by atoms with E-state index in [-0.39, 0.29) is 5.92 Å². The molecule has 1 aromatic rings. The van der Waals surface area contributed by atoms with Crippen molar-refractivity contribution in [3.05, 3.63) is 17.1 Å². The zero-order valence-electron chi connectivity index (χ0n) is 8.27. The molecule has 1 aliphatic rings. The minimum Gasteiger partial charge on any atom is -0.481 e. The van der Waals surface area contributed by atoms with E-state index in [4.69, 9.17) is 5.11 Å². The Hall–Kier alpha value is -0.840. The Labute approximate surface area is 96.4 Å². The van der Waals surface area contributed by atoms with E-state index < -0.39 is 5.97 Å². The predicted octanol–water partition coefficient (Wildman–Crippen LogP) is 2.46. The minimum absolute atomic E-state index is 0.149. The molecule has 1 aliphatic carbocycles. The van der Waals surface area contributed by atoms with Crippen LogP contribution in [-0.2, 0) is 4.79 Å². The number of rotatable bonds is 2. The molecule has 82 valence electrons. The van der Waals surface area contributed by atoms with Gasteiger partial charge in [0.1, 0.15) is 0 Å². The molecule has 15 heavy (non-hydrogen) atoms. The van der Waals surface area contributed by atoms with Crippen LogP contribution in [0.3, 0.4) is 0 Å². The molecule has 1 aromatic heterocycles. The van der Waals surface area contributed by atoms with Crippen LogP contribution in [0.1, 0.15) is 31.7 Å². The van der Waals surface area contributed by atoms with Gasteiger partial charge in [-0.3, -0.25) is 4.79 Å². The first kappa shape index (κ1) is 10.7. The molecule has 1 heterocycles. The lowest BCUT2D eigenvalue weighted by molar-refractivity contribution is -0.143. The van der Waals surface area contributed by atoms with E-state index in [0.717, 1.165) is 30.4 Å². The third-order valence-electron chi connectivity index (χ3n) is 3.06. The first-order valence-corrected chi connectivity index (χ1v) is 5.89. The number of carboxylic acid groups (broad SMARTS) is 1. The van der Waals surface area contributed by atoms with Gasteiger partial charge in [0.15, 0.2) is 4.73 Å². The molecule has 1 N–H and O–H groups in total. The second-order valence-electron chi connectivity index (χ2n) is 3.95. The molecule has 0 aliphatic heterocycles. The average molecular weight is 273 g/mol. The Kier molecular flexibility index (Phi) is 3.09. The fraction of sp³-hybridized carbons (Fsp3) is 0.600. The highest BCUT2D eigenvalue weighted by molar-refractivity contribution is 9.10. The van der Waals surface area contributed by atoms with Gasteiger partial charge in [0.05, 0.1) is 5.92 Å². The highest BCUT2D eigenvalue weighted by atomic mass is 79.9. The van der Waals surface area contributed by atoms with Gasteiger partial charge in [0.2, 0.25) is 0 Å². The van der Waals surface area contributed by atoms with E-state index in [9.17, 15) is 4.79 Å². The topological polar surface area (TPSA) is 55.1 Å². The molecule has 0 aromatic carbocycles. The summed E-state index contributed by atoms with van der Waals surface area (Å²) in [6, 6.07) is 0.400. The molecule has 1 fully saturated rings. The van der Waals surface area contributed by atoms with Gasteiger partial charge >= 0.3 is 5.97 Å². The number of hydrogen-bond donors (Lipinski definition) is 1.